The molecule has 2 heterocycles. The third-order valence-electron chi connectivity index (χ3n) is 5.14. The Morgan fingerprint density at radius 1 is 1.31 bits per heavy atom. The number of benzene rings is 1. The first-order valence-corrected chi connectivity index (χ1v) is 9.62. The average molecular weight is 391 g/mol. The van der Waals surface area contributed by atoms with Crippen molar-refractivity contribution in [1.82, 2.24) is 14.7 Å². The Hall–Kier alpha value is -3.41. The molecule has 150 valence electrons. The molecule has 29 heavy (non-hydrogen) atoms. The Morgan fingerprint density at radius 3 is 2.69 bits per heavy atom. The van der Waals surface area contributed by atoms with Crippen molar-refractivity contribution >= 4 is 5.91 Å². The van der Waals surface area contributed by atoms with Crippen LogP contribution in [0.15, 0.2) is 77.8 Å². The van der Waals surface area contributed by atoms with E-state index >= 15 is 0 Å². The van der Waals surface area contributed by atoms with Crippen molar-refractivity contribution < 1.29 is 9.90 Å². The van der Waals surface area contributed by atoms with E-state index in [0.717, 1.165) is 17.3 Å². The maximum Gasteiger partial charge on any atom is 0.276 e. The number of allylic oxidation sites excluding steroid dienone is 5. The molecule has 6 heteroatoms. The fourth-order valence-corrected chi connectivity index (χ4v) is 3.70. The monoisotopic (exact) mass is 391 g/mol. The van der Waals surface area contributed by atoms with E-state index in [2.05, 4.69) is 11.7 Å². The largest absolute Gasteiger partial charge is 0.502 e. The first-order valence-electron chi connectivity index (χ1n) is 9.62. The van der Waals surface area contributed by atoms with Crippen molar-refractivity contribution in [3.63, 3.8) is 0 Å². The molecule has 2 atom stereocenters. The highest BCUT2D eigenvalue weighted by Crippen LogP contribution is 2.39. The molecule has 0 fully saturated rings. The Labute approximate surface area is 170 Å². The Kier molecular flexibility index (Phi) is 6.12. The van der Waals surface area contributed by atoms with Crippen LogP contribution in [0.3, 0.4) is 0 Å². The minimum Gasteiger partial charge on any atom is -0.502 e. The lowest BCUT2D eigenvalue weighted by molar-refractivity contribution is 0.0646. The van der Waals surface area contributed by atoms with Crippen LogP contribution in [0.25, 0.3) is 0 Å². The Morgan fingerprint density at radius 2 is 2.03 bits per heavy atom. The maximum atomic E-state index is 12.8. The highest BCUT2D eigenvalue weighted by Gasteiger charge is 2.38. The van der Waals surface area contributed by atoms with Gasteiger partial charge in [0, 0.05) is 19.0 Å². The highest BCUT2D eigenvalue weighted by atomic mass is 16.3. The predicted octanol–water partition coefficient (Wildman–Crippen LogP) is 3.44. The first kappa shape index (κ1) is 20.3. The second-order valence-corrected chi connectivity index (χ2v) is 6.91. The van der Waals surface area contributed by atoms with Crippen LogP contribution < -0.4 is 5.43 Å². The standard InChI is InChI=1S/C23H25N3O3/c1-4-6-8-11-16(3)20(17-12-9-7-10-13-17)18-15-25(5-2)23(29)21-22(28)19(27)14-24-26(18)21/h4,6-14,18,20,28H,3,5,15H2,1-2H3/b6-4-,11-8-/t18-,20?/m0/s1. The van der Waals surface area contributed by atoms with Crippen LogP contribution in [0.4, 0.5) is 0 Å². The van der Waals surface area contributed by atoms with E-state index < -0.39 is 17.1 Å². The van der Waals surface area contributed by atoms with Gasteiger partial charge in [0.25, 0.3) is 5.91 Å². The molecule has 2 aromatic rings. The van der Waals surface area contributed by atoms with Crippen molar-refractivity contribution in [2.45, 2.75) is 25.8 Å². The van der Waals surface area contributed by atoms with E-state index in [-0.39, 0.29) is 17.7 Å². The van der Waals surface area contributed by atoms with Crippen LogP contribution in [0.5, 0.6) is 5.75 Å². The summed E-state index contributed by atoms with van der Waals surface area (Å²) in [5, 5.41) is 14.6. The van der Waals surface area contributed by atoms with E-state index in [4.69, 9.17) is 0 Å². The summed E-state index contributed by atoms with van der Waals surface area (Å²) < 4.78 is 1.48. The number of rotatable bonds is 6. The van der Waals surface area contributed by atoms with Gasteiger partial charge < -0.3 is 10.0 Å². The SMILES string of the molecule is C=C(/C=C\C=C/C)C(c1ccccc1)[C@@H]1CN(CC)C(=O)c2c(O)c(=O)cnn21. The van der Waals surface area contributed by atoms with Crippen LogP contribution in [-0.2, 0) is 0 Å². The lowest BCUT2D eigenvalue weighted by Crippen LogP contribution is -2.46. The molecule has 0 saturated carbocycles. The smallest absolute Gasteiger partial charge is 0.276 e. The second kappa shape index (κ2) is 8.73. The summed E-state index contributed by atoms with van der Waals surface area (Å²) in [5.74, 6) is -1.16. The van der Waals surface area contributed by atoms with Crippen molar-refractivity contribution in [2.75, 3.05) is 13.1 Å². The molecular weight excluding hydrogens is 366 g/mol. The van der Waals surface area contributed by atoms with E-state index in [1.807, 2.05) is 68.5 Å². The van der Waals surface area contributed by atoms with Gasteiger partial charge in [-0.1, -0.05) is 61.2 Å². The zero-order valence-electron chi connectivity index (χ0n) is 16.7. The highest BCUT2D eigenvalue weighted by molar-refractivity contribution is 5.95. The molecule has 1 aliphatic rings. The topological polar surface area (TPSA) is 75.4 Å². The average Bonchev–Trinajstić information content (AvgIpc) is 2.73. The second-order valence-electron chi connectivity index (χ2n) is 6.91. The molecule has 1 unspecified atom stereocenters. The number of aromatic hydroxyl groups is 1. The van der Waals surface area contributed by atoms with E-state index in [9.17, 15) is 14.7 Å². The van der Waals surface area contributed by atoms with Gasteiger partial charge in [0.05, 0.1) is 12.2 Å². The molecule has 6 nitrogen and oxygen atoms in total. The molecular formula is C23H25N3O3. The number of carbonyl (C=O) groups is 1. The number of fused-ring (bicyclic) bond motifs is 1. The van der Waals surface area contributed by atoms with Crippen molar-refractivity contribution in [1.29, 1.82) is 0 Å². The van der Waals surface area contributed by atoms with Crippen LogP contribution >= 0.6 is 0 Å². The Bertz CT molecular complexity index is 1020. The number of hydrogen-bond acceptors (Lipinski definition) is 4. The number of aromatic nitrogens is 2. The molecule has 0 bridgehead atoms. The minimum atomic E-state index is -0.663. The van der Waals surface area contributed by atoms with Gasteiger partial charge >= 0.3 is 0 Å². The summed E-state index contributed by atoms with van der Waals surface area (Å²) >= 11 is 0. The van der Waals surface area contributed by atoms with Crippen molar-refractivity contribution in [3.05, 3.63) is 94.5 Å². The molecule has 1 amide bonds. The minimum absolute atomic E-state index is 0.0678. The summed E-state index contributed by atoms with van der Waals surface area (Å²) in [4.78, 5) is 26.4. The molecule has 1 aliphatic heterocycles. The molecule has 1 aromatic heterocycles. The molecule has 0 aliphatic carbocycles. The Balaban J connectivity index is 2.18. The van der Waals surface area contributed by atoms with Gasteiger partial charge in [-0.05, 0) is 25.0 Å². The van der Waals surface area contributed by atoms with Crippen LogP contribution in [0.1, 0.15) is 41.9 Å². The summed E-state index contributed by atoms with van der Waals surface area (Å²) in [5.41, 5.74) is 1.13. The number of nitrogens with zero attached hydrogens (tertiary/aromatic N) is 3. The summed E-state index contributed by atoms with van der Waals surface area (Å²) in [6.07, 6.45) is 8.76. The van der Waals surface area contributed by atoms with Gasteiger partial charge in [-0.25, -0.2) is 0 Å². The quantitative estimate of drug-likeness (QED) is 0.766. The number of carbonyl (C=O) groups excluding carboxylic acids is 1. The molecule has 1 N–H and O–H groups in total. The fourth-order valence-electron chi connectivity index (χ4n) is 3.70. The fraction of sp³-hybridized carbons (Fsp3) is 0.261. The summed E-state index contributed by atoms with van der Waals surface area (Å²) in [6, 6.07) is 9.54. The van der Waals surface area contributed by atoms with Crippen LogP contribution in [0, 0.1) is 0 Å². The molecule has 0 saturated heterocycles. The van der Waals surface area contributed by atoms with Crippen molar-refractivity contribution in [3.8, 4) is 5.75 Å². The summed E-state index contributed by atoms with van der Waals surface area (Å²) in [7, 11) is 0. The maximum absolute atomic E-state index is 12.8. The van der Waals surface area contributed by atoms with Crippen LogP contribution in [0.2, 0.25) is 0 Å². The third-order valence-corrected chi connectivity index (χ3v) is 5.14. The third kappa shape index (κ3) is 3.92. The number of amides is 1. The predicted molar refractivity (Wildman–Crippen MR) is 113 cm³/mol. The van der Waals surface area contributed by atoms with Gasteiger partial charge in [-0.2, -0.15) is 5.10 Å². The molecule has 0 spiro atoms. The molecule has 0 radical (unpaired) electrons. The first-order chi connectivity index (χ1) is 14.0. The van der Waals surface area contributed by atoms with Crippen molar-refractivity contribution in [2.24, 2.45) is 0 Å². The van der Waals surface area contributed by atoms with Gasteiger partial charge in [0.1, 0.15) is 0 Å². The zero-order valence-corrected chi connectivity index (χ0v) is 16.7. The van der Waals surface area contributed by atoms with Gasteiger partial charge in [0.15, 0.2) is 11.4 Å². The van der Waals surface area contributed by atoms with E-state index in [0.29, 0.717) is 13.1 Å². The lowest BCUT2D eigenvalue weighted by Gasteiger charge is -2.39. The zero-order chi connectivity index (χ0) is 21.0. The number of hydrogen-bond donors (Lipinski definition) is 1. The lowest BCUT2D eigenvalue weighted by atomic mass is 9.83. The molecule has 3 rings (SSSR count). The van der Waals surface area contributed by atoms with Crippen LogP contribution in [-0.4, -0.2) is 38.8 Å². The van der Waals surface area contributed by atoms with E-state index in [1.165, 1.54) is 4.68 Å². The normalized spacial score (nSPS) is 17.7. The molecule has 1 aromatic carbocycles. The number of likely N-dealkylation sites (N-methyl/N-ethyl adjacent to an activating group) is 1. The van der Waals surface area contributed by atoms with Gasteiger partial charge in [-0.15, -0.1) is 0 Å². The van der Waals surface area contributed by atoms with Gasteiger partial charge in [0.2, 0.25) is 5.43 Å². The summed E-state index contributed by atoms with van der Waals surface area (Å²) in [6.45, 7) is 8.93. The van der Waals surface area contributed by atoms with Gasteiger partial charge in [-0.3, -0.25) is 14.3 Å². The van der Waals surface area contributed by atoms with E-state index in [1.54, 1.807) is 4.90 Å².